The molecule has 0 saturated carbocycles. The summed E-state index contributed by atoms with van der Waals surface area (Å²) in [7, 11) is -3.47. The number of rotatable bonds is 1. The highest BCUT2D eigenvalue weighted by Crippen LogP contribution is 2.21. The first-order valence-corrected chi connectivity index (χ1v) is 4.91. The first-order chi connectivity index (χ1) is 5.66. The predicted molar refractivity (Wildman–Crippen MR) is 39.3 cm³/mol. The highest BCUT2D eigenvalue weighted by molar-refractivity contribution is 7.92. The molecule has 0 N–H and O–H groups in total. The third-order valence-corrected chi connectivity index (χ3v) is 3.76. The number of hydrogen-bond donors (Lipinski definition) is 0. The third-order valence-electron chi connectivity index (χ3n) is 1.86. The van der Waals surface area contributed by atoms with Crippen molar-refractivity contribution in [1.29, 1.82) is 0 Å². The Bertz CT molecular complexity index is 420. The van der Waals surface area contributed by atoms with Crippen molar-refractivity contribution in [1.82, 2.24) is 9.55 Å². The summed E-state index contributed by atoms with van der Waals surface area (Å²) >= 11 is 0. The Kier molecular flexibility index (Phi) is 1.35. The van der Waals surface area contributed by atoms with Gasteiger partial charge in [0.05, 0.1) is 0 Å². The summed E-state index contributed by atoms with van der Waals surface area (Å²) in [5.74, 6) is 0. The van der Waals surface area contributed by atoms with Crippen LogP contribution in [0.3, 0.4) is 0 Å². The summed E-state index contributed by atoms with van der Waals surface area (Å²) in [5, 5.41) is -0.944. The topological polar surface area (TPSA) is 69.0 Å². The minimum atomic E-state index is -3.47. The Labute approximate surface area is 68.9 Å². The van der Waals surface area contributed by atoms with Crippen LogP contribution in [0.4, 0.5) is 0 Å². The van der Waals surface area contributed by atoms with Gasteiger partial charge in [-0.15, -0.1) is 0 Å². The smallest absolute Gasteiger partial charge is 0.228 e. The molecule has 1 aromatic heterocycles. The molecule has 1 atom stereocenters. The molecule has 0 bridgehead atoms. The van der Waals surface area contributed by atoms with Crippen LogP contribution in [0.5, 0.6) is 0 Å². The molecule has 12 heavy (non-hydrogen) atoms. The minimum Gasteiger partial charge on any atom is -0.320 e. The average Bonchev–Trinajstić information content (AvgIpc) is 2.53. The van der Waals surface area contributed by atoms with Gasteiger partial charge in [0.1, 0.15) is 11.5 Å². The molecule has 2 rings (SSSR count). The highest BCUT2D eigenvalue weighted by atomic mass is 32.2. The van der Waals surface area contributed by atoms with Gasteiger partial charge >= 0.3 is 0 Å². The molecule has 0 amide bonds. The van der Waals surface area contributed by atoms with Crippen LogP contribution in [0.15, 0.2) is 17.6 Å². The van der Waals surface area contributed by atoms with E-state index in [1.54, 1.807) is 6.20 Å². The van der Waals surface area contributed by atoms with Crippen molar-refractivity contribution in [3.63, 3.8) is 0 Å². The number of carbonyl (C=O) groups excluding carboxylic acids is 1. The standard InChI is InChI=1S/C6H6N2O3S/c9-4-5-3-8-2-1-7-6(8)12(5,10)11/h1-2,4-5H,3H2. The van der Waals surface area contributed by atoms with E-state index in [9.17, 15) is 13.2 Å². The number of fused-ring (bicyclic) bond motifs is 1. The van der Waals surface area contributed by atoms with Gasteiger partial charge in [-0.3, -0.25) is 0 Å². The van der Waals surface area contributed by atoms with Crippen LogP contribution >= 0.6 is 0 Å². The molecular weight excluding hydrogens is 180 g/mol. The van der Waals surface area contributed by atoms with E-state index in [2.05, 4.69) is 4.98 Å². The van der Waals surface area contributed by atoms with E-state index in [-0.39, 0.29) is 11.7 Å². The lowest BCUT2D eigenvalue weighted by molar-refractivity contribution is -0.107. The van der Waals surface area contributed by atoms with Crippen molar-refractivity contribution < 1.29 is 13.2 Å². The minimum absolute atomic E-state index is 0.000370. The maximum absolute atomic E-state index is 11.4. The van der Waals surface area contributed by atoms with Crippen LogP contribution in [0.1, 0.15) is 0 Å². The summed E-state index contributed by atoms with van der Waals surface area (Å²) in [6.45, 7) is 0.196. The van der Waals surface area contributed by atoms with Gasteiger partial charge in [-0.25, -0.2) is 13.4 Å². The first kappa shape index (κ1) is 7.48. The van der Waals surface area contributed by atoms with Gasteiger partial charge in [0.2, 0.25) is 15.0 Å². The van der Waals surface area contributed by atoms with E-state index < -0.39 is 15.1 Å². The molecule has 5 nitrogen and oxygen atoms in total. The largest absolute Gasteiger partial charge is 0.320 e. The number of imidazole rings is 1. The summed E-state index contributed by atoms with van der Waals surface area (Å²) in [6, 6.07) is 0. The van der Waals surface area contributed by atoms with E-state index in [1.165, 1.54) is 10.8 Å². The van der Waals surface area contributed by atoms with Gasteiger partial charge in [-0.2, -0.15) is 0 Å². The molecule has 0 aliphatic carbocycles. The number of nitrogens with zero attached hydrogens (tertiary/aromatic N) is 2. The summed E-state index contributed by atoms with van der Waals surface area (Å²) in [6.07, 6.45) is 3.41. The van der Waals surface area contributed by atoms with Crippen LogP contribution in [0.25, 0.3) is 0 Å². The van der Waals surface area contributed by atoms with Crippen molar-refractivity contribution in [2.75, 3.05) is 0 Å². The first-order valence-electron chi connectivity index (χ1n) is 3.36. The molecule has 1 aliphatic heterocycles. The molecule has 1 unspecified atom stereocenters. The number of carbonyl (C=O) groups is 1. The van der Waals surface area contributed by atoms with Crippen LogP contribution in [0, 0.1) is 0 Å². The molecule has 0 radical (unpaired) electrons. The molecule has 0 saturated heterocycles. The van der Waals surface area contributed by atoms with Gasteiger partial charge in [0, 0.05) is 18.9 Å². The zero-order valence-electron chi connectivity index (χ0n) is 6.04. The molecular formula is C6H6N2O3S. The average molecular weight is 186 g/mol. The van der Waals surface area contributed by atoms with Crippen LogP contribution in [-0.4, -0.2) is 29.5 Å². The van der Waals surface area contributed by atoms with Crippen molar-refractivity contribution in [2.45, 2.75) is 17.0 Å². The lowest BCUT2D eigenvalue weighted by atomic mass is 10.4. The Morgan fingerprint density at radius 1 is 1.67 bits per heavy atom. The maximum atomic E-state index is 11.4. The maximum Gasteiger partial charge on any atom is 0.228 e. The number of sulfone groups is 1. The fourth-order valence-corrected chi connectivity index (χ4v) is 2.68. The van der Waals surface area contributed by atoms with Gasteiger partial charge in [0.25, 0.3) is 0 Å². The van der Waals surface area contributed by atoms with Gasteiger partial charge in [-0.1, -0.05) is 0 Å². The van der Waals surface area contributed by atoms with Crippen molar-refractivity contribution >= 4 is 16.1 Å². The van der Waals surface area contributed by atoms with Crippen LogP contribution < -0.4 is 0 Å². The van der Waals surface area contributed by atoms with Gasteiger partial charge < -0.3 is 9.36 Å². The SMILES string of the molecule is O=CC1Cn2ccnc2S1(=O)=O. The fourth-order valence-electron chi connectivity index (χ4n) is 1.23. The fraction of sp³-hybridized carbons (Fsp3) is 0.333. The van der Waals surface area contributed by atoms with Crippen molar-refractivity contribution in [3.05, 3.63) is 12.4 Å². The lowest BCUT2D eigenvalue weighted by Gasteiger charge is -1.95. The molecule has 6 heteroatoms. The number of hydrogen-bond acceptors (Lipinski definition) is 4. The number of aromatic nitrogens is 2. The molecule has 2 heterocycles. The van der Waals surface area contributed by atoms with Crippen LogP contribution in [-0.2, 0) is 21.2 Å². The molecule has 64 valence electrons. The second-order valence-corrected chi connectivity index (χ2v) is 4.64. The van der Waals surface area contributed by atoms with E-state index in [1.807, 2.05) is 0 Å². The quantitative estimate of drug-likeness (QED) is 0.540. The lowest BCUT2D eigenvalue weighted by Crippen LogP contribution is -2.18. The number of aldehydes is 1. The molecule has 0 fully saturated rings. The van der Waals surface area contributed by atoms with E-state index in [0.29, 0.717) is 6.29 Å². The molecule has 1 aromatic rings. The molecule has 0 spiro atoms. The third kappa shape index (κ3) is 0.752. The summed E-state index contributed by atoms with van der Waals surface area (Å²) < 4.78 is 24.2. The second-order valence-electron chi connectivity index (χ2n) is 2.58. The van der Waals surface area contributed by atoms with Gasteiger partial charge in [-0.05, 0) is 0 Å². The molecule has 0 aromatic carbocycles. The van der Waals surface area contributed by atoms with E-state index >= 15 is 0 Å². The van der Waals surface area contributed by atoms with E-state index in [0.717, 1.165) is 0 Å². The summed E-state index contributed by atoms with van der Waals surface area (Å²) in [5.41, 5.74) is 0. The highest BCUT2D eigenvalue weighted by Gasteiger charge is 2.37. The van der Waals surface area contributed by atoms with E-state index in [4.69, 9.17) is 0 Å². The zero-order chi connectivity index (χ0) is 8.77. The van der Waals surface area contributed by atoms with Crippen LogP contribution in [0.2, 0.25) is 0 Å². The molecule has 1 aliphatic rings. The Balaban J connectivity index is 2.64. The Morgan fingerprint density at radius 3 is 3.00 bits per heavy atom. The monoisotopic (exact) mass is 186 g/mol. The zero-order valence-corrected chi connectivity index (χ0v) is 6.86. The second kappa shape index (κ2) is 2.16. The predicted octanol–water partition coefficient (Wildman–Crippen LogP) is -0.762. The van der Waals surface area contributed by atoms with Crippen molar-refractivity contribution in [2.24, 2.45) is 0 Å². The Morgan fingerprint density at radius 2 is 2.42 bits per heavy atom. The van der Waals surface area contributed by atoms with Crippen molar-refractivity contribution in [3.8, 4) is 0 Å². The summed E-state index contributed by atoms with van der Waals surface area (Å²) in [4.78, 5) is 14.0. The van der Waals surface area contributed by atoms with Gasteiger partial charge in [0.15, 0.2) is 0 Å². The Hall–Kier alpha value is -1.17. The normalized spacial score (nSPS) is 25.2.